The number of amides is 2. The third-order valence-electron chi connectivity index (χ3n) is 5.10. The van der Waals surface area contributed by atoms with E-state index in [4.69, 9.17) is 5.73 Å². The van der Waals surface area contributed by atoms with Crippen molar-refractivity contribution >= 4 is 11.8 Å². The Hall–Kier alpha value is -2.76. The predicted octanol–water partition coefficient (Wildman–Crippen LogP) is 2.54. The van der Waals surface area contributed by atoms with Gasteiger partial charge in [-0.05, 0) is 42.7 Å². The number of hydrogen-bond acceptors (Lipinski definition) is 3. The highest BCUT2D eigenvalue weighted by Crippen LogP contribution is 2.30. The Kier molecular flexibility index (Phi) is 5.02. The molecule has 0 bridgehead atoms. The lowest BCUT2D eigenvalue weighted by Gasteiger charge is -2.37. The Labute approximate surface area is 152 Å². The maximum absolute atomic E-state index is 13.3. The first-order valence-corrected chi connectivity index (χ1v) is 8.66. The van der Waals surface area contributed by atoms with E-state index in [0.29, 0.717) is 37.9 Å². The van der Waals surface area contributed by atoms with Crippen LogP contribution in [0.2, 0.25) is 0 Å². The third-order valence-corrected chi connectivity index (χ3v) is 5.10. The van der Waals surface area contributed by atoms with Crippen LogP contribution in [0.1, 0.15) is 41.4 Å². The van der Waals surface area contributed by atoms with Crippen LogP contribution in [0.3, 0.4) is 0 Å². The van der Waals surface area contributed by atoms with Crippen molar-refractivity contribution in [2.75, 3.05) is 13.1 Å². The van der Waals surface area contributed by atoms with Gasteiger partial charge in [0.05, 0.1) is 5.56 Å². The van der Waals surface area contributed by atoms with Gasteiger partial charge in [0, 0.05) is 36.8 Å². The highest BCUT2D eigenvalue weighted by atomic mass is 19.1. The molecule has 1 aromatic heterocycles. The van der Waals surface area contributed by atoms with Crippen molar-refractivity contribution in [1.29, 1.82) is 0 Å². The quantitative estimate of drug-likeness (QED) is 0.916. The summed E-state index contributed by atoms with van der Waals surface area (Å²) in [5, 5.41) is 0. The average molecular weight is 355 g/mol. The molecule has 5 nitrogen and oxygen atoms in total. The van der Waals surface area contributed by atoms with Gasteiger partial charge in [0.1, 0.15) is 5.82 Å². The van der Waals surface area contributed by atoms with E-state index < -0.39 is 5.41 Å². The number of nitrogens with zero attached hydrogens (tertiary/aromatic N) is 2. The highest BCUT2D eigenvalue weighted by molar-refractivity contribution is 5.94. The van der Waals surface area contributed by atoms with Gasteiger partial charge in [0.2, 0.25) is 5.91 Å². The number of piperidine rings is 1. The molecular formula is C20H22FN3O2. The Morgan fingerprint density at radius 3 is 2.54 bits per heavy atom. The molecule has 2 aromatic rings. The zero-order chi connectivity index (χ0) is 18.7. The fraction of sp³-hybridized carbons (Fsp3) is 0.350. The molecule has 0 atom stereocenters. The van der Waals surface area contributed by atoms with Crippen LogP contribution in [0.5, 0.6) is 0 Å². The number of carbonyl (C=O) groups excluding carboxylic acids is 2. The summed E-state index contributed by atoms with van der Waals surface area (Å²) in [5.41, 5.74) is 7.02. The van der Waals surface area contributed by atoms with Crippen molar-refractivity contribution in [2.24, 2.45) is 11.1 Å². The first-order valence-electron chi connectivity index (χ1n) is 8.66. The first kappa shape index (κ1) is 18.0. The van der Waals surface area contributed by atoms with Crippen LogP contribution in [0.25, 0.3) is 0 Å². The Morgan fingerprint density at radius 2 is 1.96 bits per heavy atom. The van der Waals surface area contributed by atoms with E-state index in [-0.39, 0.29) is 17.6 Å². The van der Waals surface area contributed by atoms with Crippen molar-refractivity contribution in [3.8, 4) is 0 Å². The van der Waals surface area contributed by atoms with Crippen LogP contribution in [0, 0.1) is 11.2 Å². The maximum Gasteiger partial charge on any atom is 0.255 e. The van der Waals surface area contributed by atoms with Crippen molar-refractivity contribution in [3.05, 3.63) is 65.2 Å². The van der Waals surface area contributed by atoms with E-state index in [1.807, 2.05) is 13.0 Å². The second-order valence-corrected chi connectivity index (χ2v) is 7.06. The summed E-state index contributed by atoms with van der Waals surface area (Å²) in [5.74, 6) is -0.684. The summed E-state index contributed by atoms with van der Waals surface area (Å²) in [6.07, 6.45) is 3.20. The van der Waals surface area contributed by atoms with Gasteiger partial charge in [-0.2, -0.15) is 0 Å². The van der Waals surface area contributed by atoms with Gasteiger partial charge in [0.25, 0.3) is 5.91 Å². The Morgan fingerprint density at radius 1 is 1.23 bits per heavy atom. The average Bonchev–Trinajstić information content (AvgIpc) is 2.62. The summed E-state index contributed by atoms with van der Waals surface area (Å²) >= 11 is 0. The van der Waals surface area contributed by atoms with Gasteiger partial charge < -0.3 is 10.6 Å². The lowest BCUT2D eigenvalue weighted by Crippen LogP contribution is -2.47. The van der Waals surface area contributed by atoms with Gasteiger partial charge in [-0.3, -0.25) is 14.6 Å². The summed E-state index contributed by atoms with van der Waals surface area (Å²) < 4.78 is 13.3. The molecular weight excluding hydrogens is 333 g/mol. The number of hydrogen-bond donors (Lipinski definition) is 1. The number of halogens is 1. The van der Waals surface area contributed by atoms with Crippen molar-refractivity contribution in [2.45, 2.75) is 26.2 Å². The minimum Gasteiger partial charge on any atom is -0.369 e. The summed E-state index contributed by atoms with van der Waals surface area (Å²) in [4.78, 5) is 30.2. The minimum absolute atomic E-state index is 0.0960. The van der Waals surface area contributed by atoms with E-state index in [2.05, 4.69) is 4.98 Å². The van der Waals surface area contributed by atoms with Crippen LogP contribution in [0.15, 0.2) is 42.6 Å². The van der Waals surface area contributed by atoms with Gasteiger partial charge >= 0.3 is 0 Å². The number of nitrogens with two attached hydrogens (primary N) is 1. The molecule has 136 valence electrons. The molecule has 2 amide bonds. The number of carbonyl (C=O) groups is 2. The van der Waals surface area contributed by atoms with E-state index in [9.17, 15) is 14.0 Å². The molecule has 1 saturated heterocycles. The van der Waals surface area contributed by atoms with Crippen molar-refractivity contribution in [3.63, 3.8) is 0 Å². The zero-order valence-corrected chi connectivity index (χ0v) is 14.7. The summed E-state index contributed by atoms with van der Waals surface area (Å²) in [6.45, 7) is 2.85. The minimum atomic E-state index is -0.538. The Balaban J connectivity index is 1.63. The molecule has 0 radical (unpaired) electrons. The largest absolute Gasteiger partial charge is 0.369 e. The van der Waals surface area contributed by atoms with Crippen LogP contribution in [0.4, 0.5) is 4.39 Å². The monoisotopic (exact) mass is 355 g/mol. The molecule has 1 aliphatic heterocycles. The molecule has 2 N–H and O–H groups in total. The van der Waals surface area contributed by atoms with Crippen LogP contribution in [-0.2, 0) is 11.2 Å². The molecule has 1 fully saturated rings. The van der Waals surface area contributed by atoms with Gasteiger partial charge in [-0.1, -0.05) is 19.1 Å². The normalized spacial score (nSPS) is 16.3. The SMILES string of the molecule is CC1(C(N)=O)CCN(C(=O)c2ccc(Cc3cccc(F)c3)nc2)CC1. The molecule has 1 aromatic carbocycles. The van der Waals surface area contributed by atoms with E-state index in [0.717, 1.165) is 11.3 Å². The van der Waals surface area contributed by atoms with Crippen LogP contribution < -0.4 is 5.73 Å². The Bertz CT molecular complexity index is 812. The van der Waals surface area contributed by atoms with Crippen LogP contribution >= 0.6 is 0 Å². The number of benzene rings is 1. The summed E-state index contributed by atoms with van der Waals surface area (Å²) in [6, 6.07) is 9.91. The fourth-order valence-corrected chi connectivity index (χ4v) is 3.14. The molecule has 0 unspecified atom stereocenters. The molecule has 0 aliphatic carbocycles. The third kappa shape index (κ3) is 3.90. The smallest absolute Gasteiger partial charge is 0.255 e. The van der Waals surface area contributed by atoms with Gasteiger partial charge in [-0.15, -0.1) is 0 Å². The van der Waals surface area contributed by atoms with Gasteiger partial charge in [-0.25, -0.2) is 4.39 Å². The second kappa shape index (κ2) is 7.23. The molecule has 26 heavy (non-hydrogen) atoms. The molecule has 6 heteroatoms. The number of likely N-dealkylation sites (tertiary alicyclic amines) is 1. The topological polar surface area (TPSA) is 76.3 Å². The molecule has 2 heterocycles. The standard InChI is InChI=1S/C20H22FN3O2/c1-20(19(22)26)7-9-24(10-8-20)18(25)15-5-6-17(23-13-15)12-14-3-2-4-16(21)11-14/h2-6,11,13H,7-10,12H2,1H3,(H2,22,26). The molecule has 0 saturated carbocycles. The number of primary amides is 1. The lowest BCUT2D eigenvalue weighted by atomic mass is 9.79. The second-order valence-electron chi connectivity index (χ2n) is 7.06. The molecule has 3 rings (SSSR count). The lowest BCUT2D eigenvalue weighted by molar-refractivity contribution is -0.129. The molecule has 1 aliphatic rings. The van der Waals surface area contributed by atoms with Gasteiger partial charge in [0.15, 0.2) is 0 Å². The molecule has 0 spiro atoms. The van der Waals surface area contributed by atoms with Crippen molar-refractivity contribution in [1.82, 2.24) is 9.88 Å². The predicted molar refractivity (Wildman–Crippen MR) is 95.9 cm³/mol. The van der Waals surface area contributed by atoms with Crippen molar-refractivity contribution < 1.29 is 14.0 Å². The first-order chi connectivity index (χ1) is 12.4. The maximum atomic E-state index is 13.3. The number of rotatable bonds is 4. The van der Waals surface area contributed by atoms with E-state index in [1.54, 1.807) is 29.3 Å². The zero-order valence-electron chi connectivity index (χ0n) is 14.7. The van der Waals surface area contributed by atoms with E-state index in [1.165, 1.54) is 12.1 Å². The van der Waals surface area contributed by atoms with Crippen LogP contribution in [-0.4, -0.2) is 34.8 Å². The number of aromatic nitrogens is 1. The number of pyridine rings is 1. The fourth-order valence-electron chi connectivity index (χ4n) is 3.14. The summed E-state index contributed by atoms with van der Waals surface area (Å²) in [7, 11) is 0. The van der Waals surface area contributed by atoms with E-state index >= 15 is 0 Å². The highest BCUT2D eigenvalue weighted by Gasteiger charge is 2.36.